The zero-order valence-electron chi connectivity index (χ0n) is 10.4. The van der Waals surface area contributed by atoms with Crippen LogP contribution >= 0.6 is 11.6 Å². The van der Waals surface area contributed by atoms with Crippen molar-refractivity contribution in [1.29, 1.82) is 0 Å². The van der Waals surface area contributed by atoms with Crippen molar-refractivity contribution in [3.63, 3.8) is 0 Å². The topological polar surface area (TPSA) is 21.7 Å². The van der Waals surface area contributed by atoms with Crippen LogP contribution in [0, 0.1) is 0 Å². The molecule has 2 aliphatic heterocycles. The molecule has 3 rings (SSSR count). The van der Waals surface area contributed by atoms with Crippen LogP contribution in [0.4, 0.5) is 0 Å². The molecule has 1 aromatic carbocycles. The van der Waals surface area contributed by atoms with Gasteiger partial charge in [-0.25, -0.2) is 0 Å². The third kappa shape index (κ3) is 2.69. The maximum Gasteiger partial charge on any atom is 0.170 e. The van der Waals surface area contributed by atoms with E-state index in [0.717, 1.165) is 50.7 Å². The summed E-state index contributed by atoms with van der Waals surface area (Å²) in [6.45, 7) is 4.48. The zero-order chi connectivity index (χ0) is 12.4. The Balaban J connectivity index is 1.57. The largest absolute Gasteiger partial charge is 0.347 e. The van der Waals surface area contributed by atoms with Gasteiger partial charge in [0.25, 0.3) is 0 Å². The molecule has 0 N–H and O–H groups in total. The fraction of sp³-hybridized carbons (Fsp3) is 0.571. The summed E-state index contributed by atoms with van der Waals surface area (Å²) >= 11 is 6.00. The summed E-state index contributed by atoms with van der Waals surface area (Å²) in [6, 6.07) is 8.08. The summed E-state index contributed by atoms with van der Waals surface area (Å²) in [7, 11) is 0. The van der Waals surface area contributed by atoms with Crippen LogP contribution in [-0.2, 0) is 16.0 Å². The van der Waals surface area contributed by atoms with Crippen LogP contribution in [0.25, 0.3) is 0 Å². The molecule has 98 valence electrons. The second kappa shape index (κ2) is 5.17. The SMILES string of the molecule is Clc1cccc(CN2CCC3(CC2)OCCO3)c1. The number of halogens is 1. The van der Waals surface area contributed by atoms with Crippen molar-refractivity contribution in [2.24, 2.45) is 0 Å². The van der Waals surface area contributed by atoms with Crippen LogP contribution in [0.5, 0.6) is 0 Å². The summed E-state index contributed by atoms with van der Waals surface area (Å²) in [5.74, 6) is -0.273. The third-order valence-electron chi connectivity index (χ3n) is 3.73. The number of rotatable bonds is 2. The lowest BCUT2D eigenvalue weighted by Crippen LogP contribution is -2.44. The van der Waals surface area contributed by atoms with Crippen molar-refractivity contribution in [3.8, 4) is 0 Å². The Morgan fingerprint density at radius 2 is 1.89 bits per heavy atom. The number of nitrogens with zero attached hydrogens (tertiary/aromatic N) is 1. The van der Waals surface area contributed by atoms with Crippen molar-refractivity contribution in [2.75, 3.05) is 26.3 Å². The first-order valence-electron chi connectivity index (χ1n) is 6.51. The predicted octanol–water partition coefficient (Wildman–Crippen LogP) is 2.68. The summed E-state index contributed by atoms with van der Waals surface area (Å²) < 4.78 is 11.5. The number of hydrogen-bond acceptors (Lipinski definition) is 3. The van der Waals surface area contributed by atoms with E-state index in [9.17, 15) is 0 Å². The fourth-order valence-electron chi connectivity index (χ4n) is 2.73. The van der Waals surface area contributed by atoms with Gasteiger partial charge in [0, 0.05) is 37.5 Å². The first kappa shape index (κ1) is 12.4. The maximum absolute atomic E-state index is 6.00. The van der Waals surface area contributed by atoms with Crippen LogP contribution in [0.3, 0.4) is 0 Å². The molecular formula is C14H18ClNO2. The molecule has 3 nitrogen and oxygen atoms in total. The minimum absolute atomic E-state index is 0.273. The second-order valence-corrected chi connectivity index (χ2v) is 5.45. The van der Waals surface area contributed by atoms with E-state index in [-0.39, 0.29) is 5.79 Å². The van der Waals surface area contributed by atoms with Crippen molar-refractivity contribution in [1.82, 2.24) is 4.90 Å². The molecule has 1 spiro atoms. The molecule has 1 aromatic rings. The van der Waals surface area contributed by atoms with Gasteiger partial charge in [-0.3, -0.25) is 4.90 Å². The molecule has 4 heteroatoms. The minimum atomic E-state index is -0.273. The molecule has 0 aromatic heterocycles. The predicted molar refractivity (Wildman–Crippen MR) is 70.6 cm³/mol. The van der Waals surface area contributed by atoms with Crippen LogP contribution in [0.15, 0.2) is 24.3 Å². The Morgan fingerprint density at radius 1 is 1.17 bits per heavy atom. The molecule has 2 saturated heterocycles. The molecule has 2 fully saturated rings. The standard InChI is InChI=1S/C14H18ClNO2/c15-13-3-1-2-12(10-13)11-16-6-4-14(5-7-16)17-8-9-18-14/h1-3,10H,4-9,11H2. The highest BCUT2D eigenvalue weighted by Crippen LogP contribution is 2.31. The summed E-state index contributed by atoms with van der Waals surface area (Å²) in [4.78, 5) is 2.43. The molecular weight excluding hydrogens is 250 g/mol. The van der Waals surface area contributed by atoms with Crippen molar-refractivity contribution < 1.29 is 9.47 Å². The minimum Gasteiger partial charge on any atom is -0.347 e. The molecule has 0 unspecified atom stereocenters. The van der Waals surface area contributed by atoms with Crippen molar-refractivity contribution in [2.45, 2.75) is 25.2 Å². The molecule has 0 radical (unpaired) electrons. The molecule has 0 bridgehead atoms. The van der Waals surface area contributed by atoms with E-state index in [4.69, 9.17) is 21.1 Å². The molecule has 2 aliphatic rings. The van der Waals surface area contributed by atoms with Crippen LogP contribution < -0.4 is 0 Å². The molecule has 0 amide bonds. The van der Waals surface area contributed by atoms with Gasteiger partial charge in [0.05, 0.1) is 13.2 Å². The molecule has 0 aliphatic carbocycles. The first-order valence-corrected chi connectivity index (χ1v) is 6.88. The molecule has 18 heavy (non-hydrogen) atoms. The second-order valence-electron chi connectivity index (χ2n) is 5.01. The quantitative estimate of drug-likeness (QED) is 0.822. The van der Waals surface area contributed by atoms with Crippen LogP contribution in [0.1, 0.15) is 18.4 Å². The van der Waals surface area contributed by atoms with Gasteiger partial charge in [-0.05, 0) is 17.7 Å². The number of likely N-dealkylation sites (tertiary alicyclic amines) is 1. The molecule has 2 heterocycles. The highest BCUT2D eigenvalue weighted by Gasteiger charge is 2.39. The van der Waals surface area contributed by atoms with E-state index in [2.05, 4.69) is 11.0 Å². The normalized spacial score (nSPS) is 23.6. The summed E-state index contributed by atoms with van der Waals surface area (Å²) in [6.07, 6.45) is 1.93. The lowest BCUT2D eigenvalue weighted by molar-refractivity contribution is -0.185. The first-order chi connectivity index (χ1) is 8.76. The Morgan fingerprint density at radius 3 is 2.56 bits per heavy atom. The molecule has 0 saturated carbocycles. The van der Waals surface area contributed by atoms with E-state index >= 15 is 0 Å². The Kier molecular flexibility index (Phi) is 3.57. The van der Waals surface area contributed by atoms with E-state index in [1.54, 1.807) is 0 Å². The number of ether oxygens (including phenoxy) is 2. The van der Waals surface area contributed by atoms with Gasteiger partial charge in [0.2, 0.25) is 0 Å². The Bertz CT molecular complexity index is 408. The van der Waals surface area contributed by atoms with Crippen molar-refractivity contribution >= 4 is 11.6 Å². The maximum atomic E-state index is 6.00. The van der Waals surface area contributed by atoms with E-state index in [1.807, 2.05) is 18.2 Å². The van der Waals surface area contributed by atoms with E-state index in [1.165, 1.54) is 5.56 Å². The third-order valence-corrected chi connectivity index (χ3v) is 3.96. The highest BCUT2D eigenvalue weighted by atomic mass is 35.5. The number of piperidine rings is 1. The fourth-order valence-corrected chi connectivity index (χ4v) is 2.94. The van der Waals surface area contributed by atoms with Gasteiger partial charge in [-0.15, -0.1) is 0 Å². The number of hydrogen-bond donors (Lipinski definition) is 0. The Labute approximate surface area is 113 Å². The lowest BCUT2D eigenvalue weighted by Gasteiger charge is -2.37. The van der Waals surface area contributed by atoms with Gasteiger partial charge >= 0.3 is 0 Å². The highest BCUT2D eigenvalue weighted by molar-refractivity contribution is 6.30. The van der Waals surface area contributed by atoms with Crippen LogP contribution in [-0.4, -0.2) is 37.0 Å². The number of benzene rings is 1. The van der Waals surface area contributed by atoms with Gasteiger partial charge < -0.3 is 9.47 Å². The Hall–Kier alpha value is -0.610. The average molecular weight is 268 g/mol. The van der Waals surface area contributed by atoms with Gasteiger partial charge in [-0.2, -0.15) is 0 Å². The smallest absolute Gasteiger partial charge is 0.170 e. The van der Waals surface area contributed by atoms with E-state index < -0.39 is 0 Å². The van der Waals surface area contributed by atoms with E-state index in [0.29, 0.717) is 0 Å². The summed E-state index contributed by atoms with van der Waals surface area (Å²) in [5, 5.41) is 0.809. The summed E-state index contributed by atoms with van der Waals surface area (Å²) in [5.41, 5.74) is 1.27. The zero-order valence-corrected chi connectivity index (χ0v) is 11.2. The van der Waals surface area contributed by atoms with Gasteiger partial charge in [0.1, 0.15) is 0 Å². The van der Waals surface area contributed by atoms with Gasteiger partial charge in [0.15, 0.2) is 5.79 Å². The monoisotopic (exact) mass is 267 g/mol. The molecule has 0 atom stereocenters. The van der Waals surface area contributed by atoms with Crippen LogP contribution in [0.2, 0.25) is 5.02 Å². The van der Waals surface area contributed by atoms with Crippen molar-refractivity contribution in [3.05, 3.63) is 34.9 Å². The lowest BCUT2D eigenvalue weighted by atomic mass is 10.0. The average Bonchev–Trinajstić information content (AvgIpc) is 2.81. The van der Waals surface area contributed by atoms with Gasteiger partial charge in [-0.1, -0.05) is 23.7 Å².